The van der Waals surface area contributed by atoms with Crippen LogP contribution < -0.4 is 10.6 Å². The first-order valence-corrected chi connectivity index (χ1v) is 5.83. The Labute approximate surface area is 103 Å². The maximum Gasteiger partial charge on any atom is 0.234 e. The zero-order valence-corrected chi connectivity index (χ0v) is 10.9. The summed E-state index contributed by atoms with van der Waals surface area (Å²) in [6, 6.07) is 4.00. The van der Waals surface area contributed by atoms with Crippen LogP contribution in [0.5, 0.6) is 0 Å². The summed E-state index contributed by atoms with van der Waals surface area (Å²) in [5, 5.41) is 6.08. The molecule has 0 aliphatic heterocycles. The molecule has 0 fully saturated rings. The monoisotopic (exact) mass is 235 g/mol. The lowest BCUT2D eigenvalue weighted by atomic mass is 10.1. The highest BCUT2D eigenvalue weighted by Gasteiger charge is 2.14. The normalized spacial score (nSPS) is 13.2. The first kappa shape index (κ1) is 13.6. The Balaban J connectivity index is 2.39. The van der Waals surface area contributed by atoms with Crippen molar-refractivity contribution in [2.75, 3.05) is 6.54 Å². The number of pyridine rings is 1. The summed E-state index contributed by atoms with van der Waals surface area (Å²) < 4.78 is 0. The van der Waals surface area contributed by atoms with E-state index in [1.54, 1.807) is 12.4 Å². The Morgan fingerprint density at radius 2 is 2.18 bits per heavy atom. The van der Waals surface area contributed by atoms with Gasteiger partial charge in [0, 0.05) is 24.0 Å². The van der Waals surface area contributed by atoms with Crippen molar-refractivity contribution >= 4 is 5.91 Å². The van der Waals surface area contributed by atoms with E-state index in [2.05, 4.69) is 15.6 Å². The Kier molecular flexibility index (Phi) is 4.63. The molecule has 2 N–H and O–H groups in total. The molecule has 1 rings (SSSR count). The van der Waals surface area contributed by atoms with Gasteiger partial charge >= 0.3 is 0 Å². The Morgan fingerprint density at radius 1 is 1.47 bits per heavy atom. The van der Waals surface area contributed by atoms with Crippen LogP contribution in [0.1, 0.15) is 39.3 Å². The minimum absolute atomic E-state index is 0.00763. The molecule has 4 heteroatoms. The van der Waals surface area contributed by atoms with Gasteiger partial charge in [0.25, 0.3) is 0 Å². The van der Waals surface area contributed by atoms with Crippen LogP contribution in [0.3, 0.4) is 0 Å². The molecule has 0 bridgehead atoms. The van der Waals surface area contributed by atoms with Crippen LogP contribution in [0, 0.1) is 0 Å². The molecule has 0 spiro atoms. The number of rotatable bonds is 4. The highest BCUT2D eigenvalue weighted by Crippen LogP contribution is 2.09. The van der Waals surface area contributed by atoms with Crippen molar-refractivity contribution < 1.29 is 4.79 Å². The van der Waals surface area contributed by atoms with E-state index in [1.165, 1.54) is 0 Å². The van der Waals surface area contributed by atoms with E-state index in [0.29, 0.717) is 6.54 Å². The van der Waals surface area contributed by atoms with Crippen LogP contribution in [-0.4, -0.2) is 23.0 Å². The van der Waals surface area contributed by atoms with Gasteiger partial charge in [0.2, 0.25) is 5.91 Å². The molecule has 1 heterocycles. The largest absolute Gasteiger partial charge is 0.350 e. The molecular weight excluding hydrogens is 214 g/mol. The topological polar surface area (TPSA) is 54.0 Å². The summed E-state index contributed by atoms with van der Waals surface area (Å²) in [4.78, 5) is 15.7. The SMILES string of the molecule is CC(NCC(=O)NC(C)(C)C)c1cccnc1. The number of amides is 1. The second kappa shape index (κ2) is 5.77. The number of hydrogen-bond acceptors (Lipinski definition) is 3. The van der Waals surface area contributed by atoms with Gasteiger partial charge in [-0.2, -0.15) is 0 Å². The van der Waals surface area contributed by atoms with E-state index in [4.69, 9.17) is 0 Å². The van der Waals surface area contributed by atoms with Crippen molar-refractivity contribution in [2.45, 2.75) is 39.3 Å². The lowest BCUT2D eigenvalue weighted by Crippen LogP contribution is -2.45. The van der Waals surface area contributed by atoms with E-state index in [0.717, 1.165) is 5.56 Å². The van der Waals surface area contributed by atoms with Gasteiger partial charge in [0.1, 0.15) is 0 Å². The predicted molar refractivity (Wildman–Crippen MR) is 68.6 cm³/mol. The van der Waals surface area contributed by atoms with Gasteiger partial charge in [-0.25, -0.2) is 0 Å². The minimum atomic E-state index is -0.184. The Hall–Kier alpha value is -1.42. The van der Waals surface area contributed by atoms with E-state index in [1.807, 2.05) is 39.8 Å². The summed E-state index contributed by atoms with van der Waals surface area (Å²) in [6.07, 6.45) is 3.54. The van der Waals surface area contributed by atoms with Gasteiger partial charge in [-0.3, -0.25) is 9.78 Å². The van der Waals surface area contributed by atoms with Gasteiger partial charge in [-0.15, -0.1) is 0 Å². The van der Waals surface area contributed by atoms with Crippen LogP contribution in [0.25, 0.3) is 0 Å². The fourth-order valence-corrected chi connectivity index (χ4v) is 1.46. The van der Waals surface area contributed by atoms with Gasteiger partial charge < -0.3 is 10.6 Å². The molecule has 1 aromatic heterocycles. The number of nitrogens with one attached hydrogen (secondary N) is 2. The standard InChI is InChI=1S/C13H21N3O/c1-10(11-6-5-7-14-8-11)15-9-12(17)16-13(2,3)4/h5-8,10,15H,9H2,1-4H3,(H,16,17). The quantitative estimate of drug-likeness (QED) is 0.834. The van der Waals surface area contributed by atoms with Gasteiger partial charge in [-0.1, -0.05) is 6.07 Å². The first-order chi connectivity index (χ1) is 7.88. The van der Waals surface area contributed by atoms with Gasteiger partial charge in [0.15, 0.2) is 0 Å². The number of hydrogen-bond donors (Lipinski definition) is 2. The molecule has 0 aromatic carbocycles. The molecule has 1 aromatic rings. The average Bonchev–Trinajstić information content (AvgIpc) is 2.25. The molecule has 94 valence electrons. The molecule has 0 saturated heterocycles. The summed E-state index contributed by atoms with van der Waals surface area (Å²) in [6.45, 7) is 8.23. The number of nitrogens with zero attached hydrogens (tertiary/aromatic N) is 1. The molecule has 0 aliphatic carbocycles. The summed E-state index contributed by atoms with van der Waals surface area (Å²) in [5.41, 5.74) is 0.895. The lowest BCUT2D eigenvalue weighted by Gasteiger charge is -2.21. The maximum atomic E-state index is 11.6. The molecular formula is C13H21N3O. The van der Waals surface area contributed by atoms with E-state index < -0.39 is 0 Å². The molecule has 1 unspecified atom stereocenters. The predicted octanol–water partition coefficient (Wildman–Crippen LogP) is 1.65. The smallest absolute Gasteiger partial charge is 0.234 e. The number of carbonyl (C=O) groups excluding carboxylic acids is 1. The molecule has 0 radical (unpaired) electrons. The number of carbonyl (C=O) groups is 1. The second-order valence-corrected chi connectivity index (χ2v) is 5.19. The molecule has 4 nitrogen and oxygen atoms in total. The van der Waals surface area contributed by atoms with Gasteiger partial charge in [-0.05, 0) is 39.3 Å². The zero-order chi connectivity index (χ0) is 12.9. The van der Waals surface area contributed by atoms with Crippen LogP contribution in [0.2, 0.25) is 0 Å². The third-order valence-corrected chi connectivity index (χ3v) is 2.27. The lowest BCUT2D eigenvalue weighted by molar-refractivity contribution is -0.121. The van der Waals surface area contributed by atoms with E-state index in [-0.39, 0.29) is 17.5 Å². The fourth-order valence-electron chi connectivity index (χ4n) is 1.46. The van der Waals surface area contributed by atoms with Crippen molar-refractivity contribution in [3.05, 3.63) is 30.1 Å². The van der Waals surface area contributed by atoms with Crippen LogP contribution in [0.15, 0.2) is 24.5 Å². The minimum Gasteiger partial charge on any atom is -0.350 e. The van der Waals surface area contributed by atoms with E-state index >= 15 is 0 Å². The Morgan fingerprint density at radius 3 is 2.71 bits per heavy atom. The van der Waals surface area contributed by atoms with Crippen molar-refractivity contribution in [3.63, 3.8) is 0 Å². The highest BCUT2D eigenvalue weighted by molar-refractivity contribution is 5.78. The van der Waals surface area contributed by atoms with Gasteiger partial charge in [0.05, 0.1) is 6.54 Å². The highest BCUT2D eigenvalue weighted by atomic mass is 16.2. The van der Waals surface area contributed by atoms with Crippen molar-refractivity contribution in [2.24, 2.45) is 0 Å². The fraction of sp³-hybridized carbons (Fsp3) is 0.538. The molecule has 0 saturated carbocycles. The first-order valence-electron chi connectivity index (χ1n) is 5.83. The maximum absolute atomic E-state index is 11.6. The van der Waals surface area contributed by atoms with Crippen molar-refractivity contribution in [1.82, 2.24) is 15.6 Å². The zero-order valence-electron chi connectivity index (χ0n) is 10.9. The third-order valence-electron chi connectivity index (χ3n) is 2.27. The Bertz CT molecular complexity index is 357. The molecule has 17 heavy (non-hydrogen) atoms. The van der Waals surface area contributed by atoms with E-state index in [9.17, 15) is 4.79 Å². The summed E-state index contributed by atoms with van der Waals surface area (Å²) in [7, 11) is 0. The summed E-state index contributed by atoms with van der Waals surface area (Å²) in [5.74, 6) is 0.00763. The van der Waals surface area contributed by atoms with Crippen LogP contribution >= 0.6 is 0 Å². The van der Waals surface area contributed by atoms with Crippen molar-refractivity contribution in [1.29, 1.82) is 0 Å². The van der Waals surface area contributed by atoms with Crippen LogP contribution in [-0.2, 0) is 4.79 Å². The number of aromatic nitrogens is 1. The molecule has 1 amide bonds. The van der Waals surface area contributed by atoms with Crippen molar-refractivity contribution in [3.8, 4) is 0 Å². The third kappa shape index (κ3) is 5.45. The molecule has 0 aliphatic rings. The summed E-state index contributed by atoms with van der Waals surface area (Å²) >= 11 is 0. The molecule has 1 atom stereocenters. The second-order valence-electron chi connectivity index (χ2n) is 5.19. The van der Waals surface area contributed by atoms with Crippen LogP contribution in [0.4, 0.5) is 0 Å². The average molecular weight is 235 g/mol.